The van der Waals surface area contributed by atoms with Crippen LogP contribution in [0.2, 0.25) is 0 Å². The van der Waals surface area contributed by atoms with E-state index in [1.807, 2.05) is 0 Å². The van der Waals surface area contributed by atoms with Gasteiger partial charge in [0.1, 0.15) is 22.3 Å². The van der Waals surface area contributed by atoms with Crippen LogP contribution in [0.5, 0.6) is 5.75 Å². The fourth-order valence-electron chi connectivity index (χ4n) is 2.69. The Bertz CT molecular complexity index is 1230. The lowest BCUT2D eigenvalue weighted by atomic mass is 10.1. The van der Waals surface area contributed by atoms with Crippen molar-refractivity contribution in [2.24, 2.45) is 0 Å². The summed E-state index contributed by atoms with van der Waals surface area (Å²) in [5, 5.41) is 2.86. The van der Waals surface area contributed by atoms with Crippen LogP contribution >= 0.6 is 11.3 Å². The molecule has 2 aromatic carbocycles. The molecule has 3 aromatic rings. The molecule has 0 aliphatic carbocycles. The molecule has 3 rings (SSSR count). The van der Waals surface area contributed by atoms with E-state index in [2.05, 4.69) is 10.3 Å². The number of anilines is 1. The van der Waals surface area contributed by atoms with Crippen molar-refractivity contribution in [3.05, 3.63) is 70.2 Å². The number of benzene rings is 2. The molecule has 0 radical (unpaired) electrons. The molecule has 0 aliphatic heterocycles. The molecule has 1 heterocycles. The molecule has 0 aliphatic rings. The first-order chi connectivity index (χ1) is 14.6. The molecule has 0 bridgehead atoms. The monoisotopic (exact) mass is 467 g/mol. The van der Waals surface area contributed by atoms with E-state index in [1.165, 1.54) is 57.7 Å². The molecule has 1 amide bonds. The summed E-state index contributed by atoms with van der Waals surface area (Å²) < 4.78 is 58.1. The largest absolute Gasteiger partial charge is 0.495 e. The molecule has 0 spiro atoms. The zero-order chi connectivity index (χ0) is 22.8. The number of thiazole rings is 1. The zero-order valence-corrected chi connectivity index (χ0v) is 18.5. The van der Waals surface area contributed by atoms with Crippen LogP contribution in [-0.2, 0) is 16.4 Å². The second-order valence-corrected chi connectivity index (χ2v) is 9.89. The molecule has 0 fully saturated rings. The molecule has 0 atom stereocenters. The van der Waals surface area contributed by atoms with Crippen molar-refractivity contribution in [3.63, 3.8) is 0 Å². The molecule has 1 aromatic heterocycles. The van der Waals surface area contributed by atoms with Gasteiger partial charge in [-0.1, -0.05) is 6.07 Å². The summed E-state index contributed by atoms with van der Waals surface area (Å²) in [5.74, 6) is -1.77. The molecular weight excluding hydrogens is 448 g/mol. The topological polar surface area (TPSA) is 88.6 Å². The number of amides is 1. The summed E-state index contributed by atoms with van der Waals surface area (Å²) in [6, 6.07) is 7.40. The average Bonchev–Trinajstić information content (AvgIpc) is 3.16. The lowest BCUT2D eigenvalue weighted by Gasteiger charge is -2.15. The van der Waals surface area contributed by atoms with Gasteiger partial charge in [0.15, 0.2) is 5.13 Å². The van der Waals surface area contributed by atoms with Gasteiger partial charge >= 0.3 is 0 Å². The lowest BCUT2D eigenvalue weighted by Crippen LogP contribution is -2.23. The maximum absolute atomic E-state index is 13.8. The molecular formula is C20H19F2N3O4S2. The van der Waals surface area contributed by atoms with Gasteiger partial charge in [0, 0.05) is 43.2 Å². The van der Waals surface area contributed by atoms with Gasteiger partial charge in [0.05, 0.1) is 7.11 Å². The van der Waals surface area contributed by atoms with Crippen LogP contribution in [-0.4, -0.2) is 44.8 Å². The number of halogens is 2. The van der Waals surface area contributed by atoms with Crippen molar-refractivity contribution in [2.75, 3.05) is 26.5 Å². The number of carbonyl (C=O) groups excluding carboxylic acids is 1. The van der Waals surface area contributed by atoms with E-state index in [1.54, 1.807) is 0 Å². The Morgan fingerprint density at radius 3 is 2.58 bits per heavy atom. The number of sulfonamides is 1. The number of aromatic nitrogens is 1. The molecule has 0 saturated carbocycles. The van der Waals surface area contributed by atoms with Crippen LogP contribution in [0.15, 0.2) is 47.5 Å². The molecule has 0 unspecified atom stereocenters. The smallest absolute Gasteiger partial charge is 0.257 e. The van der Waals surface area contributed by atoms with Crippen molar-refractivity contribution in [2.45, 2.75) is 11.3 Å². The highest BCUT2D eigenvalue weighted by Gasteiger charge is 2.24. The molecule has 31 heavy (non-hydrogen) atoms. The average molecular weight is 468 g/mol. The fourth-order valence-corrected chi connectivity index (χ4v) is 4.59. The van der Waals surface area contributed by atoms with E-state index in [0.717, 1.165) is 21.7 Å². The minimum atomic E-state index is -3.83. The Morgan fingerprint density at radius 2 is 1.94 bits per heavy atom. The number of ether oxygens (including phenoxy) is 1. The quantitative estimate of drug-likeness (QED) is 0.574. The second kappa shape index (κ2) is 9.08. The van der Waals surface area contributed by atoms with Gasteiger partial charge in [-0.3, -0.25) is 10.1 Å². The highest BCUT2D eigenvalue weighted by Crippen LogP contribution is 2.28. The third kappa shape index (κ3) is 5.06. The first-order valence-electron chi connectivity index (χ1n) is 8.92. The summed E-state index contributed by atoms with van der Waals surface area (Å²) in [7, 11) is 0.260. The number of nitrogens with zero attached hydrogens (tertiary/aromatic N) is 2. The summed E-state index contributed by atoms with van der Waals surface area (Å²) in [4.78, 5) is 17.2. The van der Waals surface area contributed by atoms with E-state index in [9.17, 15) is 22.0 Å². The first kappa shape index (κ1) is 22.8. The normalized spacial score (nSPS) is 11.5. The Morgan fingerprint density at radius 1 is 1.19 bits per heavy atom. The van der Waals surface area contributed by atoms with E-state index >= 15 is 0 Å². The maximum atomic E-state index is 13.8. The maximum Gasteiger partial charge on any atom is 0.257 e. The van der Waals surface area contributed by atoms with E-state index in [0.29, 0.717) is 10.4 Å². The SMILES string of the molecule is COc1ccc(C(=O)Nc2ncc(Cc3ccc(F)cc3F)s2)cc1S(=O)(=O)N(C)C. The van der Waals surface area contributed by atoms with Crippen molar-refractivity contribution in [3.8, 4) is 5.75 Å². The zero-order valence-electron chi connectivity index (χ0n) is 16.8. The van der Waals surface area contributed by atoms with Crippen LogP contribution in [0.1, 0.15) is 20.8 Å². The number of carbonyl (C=O) groups is 1. The van der Waals surface area contributed by atoms with Crippen LogP contribution in [0.3, 0.4) is 0 Å². The fraction of sp³-hybridized carbons (Fsp3) is 0.200. The van der Waals surface area contributed by atoms with Gasteiger partial charge < -0.3 is 4.74 Å². The Hall–Kier alpha value is -2.89. The highest BCUT2D eigenvalue weighted by molar-refractivity contribution is 7.89. The number of nitrogens with one attached hydrogen (secondary N) is 1. The van der Waals surface area contributed by atoms with Gasteiger partial charge in [-0.05, 0) is 29.8 Å². The minimum Gasteiger partial charge on any atom is -0.495 e. The predicted octanol–water partition coefficient (Wildman–Crippen LogP) is 3.52. The Kier molecular flexibility index (Phi) is 6.68. The summed E-state index contributed by atoms with van der Waals surface area (Å²) in [6.07, 6.45) is 1.67. The molecule has 1 N–H and O–H groups in total. The molecule has 164 valence electrons. The second-order valence-electron chi connectivity index (χ2n) is 6.65. The molecule has 11 heteroatoms. The van der Waals surface area contributed by atoms with Crippen molar-refractivity contribution in [1.82, 2.24) is 9.29 Å². The highest BCUT2D eigenvalue weighted by atomic mass is 32.2. The minimum absolute atomic E-state index is 0.0996. The Balaban J connectivity index is 1.79. The standard InChI is InChI=1S/C20H19F2N3O4S2/c1-25(2)31(27,28)18-9-13(5-7-17(18)29-3)19(26)24-20-23-11-15(30-20)8-12-4-6-14(21)10-16(12)22/h4-7,9-11H,8H2,1-3H3,(H,23,24,26). The van der Waals surface area contributed by atoms with Crippen molar-refractivity contribution >= 4 is 32.4 Å². The van der Waals surface area contributed by atoms with E-state index in [4.69, 9.17) is 4.74 Å². The van der Waals surface area contributed by atoms with Crippen LogP contribution in [0.4, 0.5) is 13.9 Å². The number of hydrogen-bond acceptors (Lipinski definition) is 6. The molecule has 0 saturated heterocycles. The summed E-state index contributed by atoms with van der Waals surface area (Å²) in [5.41, 5.74) is 0.402. The first-order valence-corrected chi connectivity index (χ1v) is 11.2. The predicted molar refractivity (Wildman–Crippen MR) is 113 cm³/mol. The van der Waals surface area contributed by atoms with Crippen molar-refractivity contribution < 1.29 is 26.7 Å². The summed E-state index contributed by atoms with van der Waals surface area (Å²) >= 11 is 1.13. The van der Waals surface area contributed by atoms with E-state index < -0.39 is 27.6 Å². The number of rotatable bonds is 7. The van der Waals surface area contributed by atoms with Crippen LogP contribution in [0, 0.1) is 11.6 Å². The van der Waals surface area contributed by atoms with Crippen molar-refractivity contribution in [1.29, 1.82) is 0 Å². The lowest BCUT2D eigenvalue weighted by molar-refractivity contribution is 0.102. The Labute approximate surface area is 182 Å². The third-order valence-corrected chi connectivity index (χ3v) is 7.09. The number of hydrogen-bond donors (Lipinski definition) is 1. The molecule has 7 nitrogen and oxygen atoms in total. The summed E-state index contributed by atoms with van der Waals surface area (Å²) in [6.45, 7) is 0. The number of methoxy groups -OCH3 is 1. The third-order valence-electron chi connectivity index (χ3n) is 4.34. The van der Waals surface area contributed by atoms with Crippen LogP contribution < -0.4 is 10.1 Å². The van der Waals surface area contributed by atoms with Gasteiger partial charge in [-0.15, -0.1) is 11.3 Å². The van der Waals surface area contributed by atoms with Gasteiger partial charge in [-0.25, -0.2) is 26.5 Å². The van der Waals surface area contributed by atoms with Crippen LogP contribution in [0.25, 0.3) is 0 Å². The van der Waals surface area contributed by atoms with Gasteiger partial charge in [0.2, 0.25) is 10.0 Å². The van der Waals surface area contributed by atoms with Gasteiger partial charge in [0.25, 0.3) is 5.91 Å². The van der Waals surface area contributed by atoms with Gasteiger partial charge in [-0.2, -0.15) is 0 Å². The van der Waals surface area contributed by atoms with E-state index in [-0.39, 0.29) is 27.8 Å².